The first kappa shape index (κ1) is 12.6. The SMILES string of the molecule is CC(C)c1ccc(NC(=O)c2ccc(N)s2)cc1. The number of benzene rings is 1. The Balaban J connectivity index is 2.07. The Hall–Kier alpha value is -1.81. The summed E-state index contributed by atoms with van der Waals surface area (Å²) < 4.78 is 0. The maximum absolute atomic E-state index is 11.9. The van der Waals surface area contributed by atoms with E-state index >= 15 is 0 Å². The smallest absolute Gasteiger partial charge is 0.265 e. The Bertz CT molecular complexity index is 543. The van der Waals surface area contributed by atoms with E-state index in [1.165, 1.54) is 16.9 Å². The van der Waals surface area contributed by atoms with Crippen molar-refractivity contribution in [3.8, 4) is 0 Å². The molecule has 3 nitrogen and oxygen atoms in total. The van der Waals surface area contributed by atoms with Crippen LogP contribution < -0.4 is 11.1 Å². The van der Waals surface area contributed by atoms with E-state index in [1.807, 2.05) is 24.3 Å². The summed E-state index contributed by atoms with van der Waals surface area (Å²) in [5.74, 6) is 0.376. The molecule has 2 rings (SSSR count). The van der Waals surface area contributed by atoms with Crippen molar-refractivity contribution in [2.75, 3.05) is 11.1 Å². The van der Waals surface area contributed by atoms with Crippen LogP contribution in [-0.4, -0.2) is 5.91 Å². The first-order valence-electron chi connectivity index (χ1n) is 5.83. The minimum absolute atomic E-state index is 0.117. The molecule has 1 aromatic carbocycles. The van der Waals surface area contributed by atoms with Crippen LogP contribution in [0.25, 0.3) is 0 Å². The zero-order valence-corrected chi connectivity index (χ0v) is 11.3. The summed E-state index contributed by atoms with van der Waals surface area (Å²) in [6.07, 6.45) is 0. The lowest BCUT2D eigenvalue weighted by atomic mass is 10.0. The molecule has 0 aliphatic rings. The summed E-state index contributed by atoms with van der Waals surface area (Å²) in [6, 6.07) is 11.4. The number of hydrogen-bond donors (Lipinski definition) is 2. The fraction of sp³-hybridized carbons (Fsp3) is 0.214. The van der Waals surface area contributed by atoms with Crippen molar-refractivity contribution in [2.45, 2.75) is 19.8 Å². The average Bonchev–Trinajstić information content (AvgIpc) is 2.76. The molecule has 0 aliphatic carbocycles. The number of nitrogen functional groups attached to an aromatic ring is 1. The van der Waals surface area contributed by atoms with Crippen molar-refractivity contribution >= 4 is 27.9 Å². The maximum Gasteiger partial charge on any atom is 0.265 e. The van der Waals surface area contributed by atoms with E-state index in [9.17, 15) is 4.79 Å². The summed E-state index contributed by atoms with van der Waals surface area (Å²) in [5, 5.41) is 3.50. The number of rotatable bonds is 3. The van der Waals surface area contributed by atoms with Gasteiger partial charge < -0.3 is 11.1 Å². The summed E-state index contributed by atoms with van der Waals surface area (Å²) in [7, 11) is 0. The van der Waals surface area contributed by atoms with Crippen molar-refractivity contribution < 1.29 is 4.79 Å². The molecular weight excluding hydrogens is 244 g/mol. The van der Waals surface area contributed by atoms with Crippen molar-refractivity contribution in [3.05, 3.63) is 46.8 Å². The number of amides is 1. The van der Waals surface area contributed by atoms with E-state index < -0.39 is 0 Å². The first-order chi connectivity index (χ1) is 8.56. The molecule has 1 aromatic heterocycles. The molecule has 2 aromatic rings. The highest BCUT2D eigenvalue weighted by Gasteiger charge is 2.08. The second-order valence-electron chi connectivity index (χ2n) is 4.43. The molecule has 18 heavy (non-hydrogen) atoms. The van der Waals surface area contributed by atoms with Crippen LogP contribution in [0.15, 0.2) is 36.4 Å². The van der Waals surface area contributed by atoms with Crippen LogP contribution in [0.2, 0.25) is 0 Å². The van der Waals surface area contributed by atoms with Gasteiger partial charge >= 0.3 is 0 Å². The number of carbonyl (C=O) groups excluding carboxylic acids is 1. The molecule has 0 fully saturated rings. The molecule has 4 heteroatoms. The Morgan fingerprint density at radius 2 is 1.83 bits per heavy atom. The molecule has 0 bridgehead atoms. The van der Waals surface area contributed by atoms with Gasteiger partial charge in [0.25, 0.3) is 5.91 Å². The Morgan fingerprint density at radius 3 is 2.33 bits per heavy atom. The van der Waals surface area contributed by atoms with E-state index in [1.54, 1.807) is 12.1 Å². The highest BCUT2D eigenvalue weighted by molar-refractivity contribution is 7.17. The lowest BCUT2D eigenvalue weighted by Crippen LogP contribution is -2.09. The van der Waals surface area contributed by atoms with E-state index in [-0.39, 0.29) is 5.91 Å². The first-order valence-corrected chi connectivity index (χ1v) is 6.64. The number of carbonyl (C=O) groups is 1. The predicted molar refractivity (Wildman–Crippen MR) is 77.2 cm³/mol. The van der Waals surface area contributed by atoms with Crippen LogP contribution >= 0.6 is 11.3 Å². The number of nitrogens with two attached hydrogens (primary N) is 1. The summed E-state index contributed by atoms with van der Waals surface area (Å²) >= 11 is 1.29. The quantitative estimate of drug-likeness (QED) is 0.884. The highest BCUT2D eigenvalue weighted by Crippen LogP contribution is 2.21. The van der Waals surface area contributed by atoms with Gasteiger partial charge in [0.15, 0.2) is 0 Å². The Labute approximate surface area is 111 Å². The van der Waals surface area contributed by atoms with E-state index in [4.69, 9.17) is 5.73 Å². The maximum atomic E-state index is 11.9. The van der Waals surface area contributed by atoms with Crippen LogP contribution in [0.3, 0.4) is 0 Å². The van der Waals surface area contributed by atoms with Crippen LogP contribution in [0.1, 0.15) is 35.0 Å². The molecule has 1 heterocycles. The van der Waals surface area contributed by atoms with Crippen LogP contribution in [0.4, 0.5) is 10.7 Å². The normalized spacial score (nSPS) is 10.6. The van der Waals surface area contributed by atoms with Gasteiger partial charge in [-0.15, -0.1) is 11.3 Å². The van der Waals surface area contributed by atoms with Gasteiger partial charge in [-0.25, -0.2) is 0 Å². The molecule has 0 saturated heterocycles. The second kappa shape index (κ2) is 5.23. The second-order valence-corrected chi connectivity index (χ2v) is 5.55. The molecule has 1 amide bonds. The molecule has 94 valence electrons. The molecule has 3 N–H and O–H groups in total. The lowest BCUT2D eigenvalue weighted by molar-refractivity contribution is 0.103. The van der Waals surface area contributed by atoms with Crippen LogP contribution in [-0.2, 0) is 0 Å². The minimum atomic E-state index is -0.117. The van der Waals surface area contributed by atoms with Gasteiger partial charge in [-0.1, -0.05) is 26.0 Å². The van der Waals surface area contributed by atoms with Gasteiger partial charge in [-0.05, 0) is 35.7 Å². The third kappa shape index (κ3) is 2.90. The highest BCUT2D eigenvalue weighted by atomic mass is 32.1. The van der Waals surface area contributed by atoms with Crippen molar-refractivity contribution in [1.29, 1.82) is 0 Å². The Kier molecular flexibility index (Phi) is 3.67. The molecule has 0 radical (unpaired) electrons. The zero-order chi connectivity index (χ0) is 13.1. The van der Waals surface area contributed by atoms with Gasteiger partial charge in [0.05, 0.1) is 9.88 Å². The van der Waals surface area contributed by atoms with Gasteiger partial charge in [0.2, 0.25) is 0 Å². The fourth-order valence-corrected chi connectivity index (χ4v) is 2.29. The number of anilines is 2. The monoisotopic (exact) mass is 260 g/mol. The van der Waals surface area contributed by atoms with Crippen molar-refractivity contribution in [1.82, 2.24) is 0 Å². The van der Waals surface area contributed by atoms with Crippen LogP contribution in [0, 0.1) is 0 Å². The third-order valence-electron chi connectivity index (χ3n) is 2.69. The Morgan fingerprint density at radius 1 is 1.17 bits per heavy atom. The van der Waals surface area contributed by atoms with Gasteiger partial charge in [0.1, 0.15) is 0 Å². The number of hydrogen-bond acceptors (Lipinski definition) is 3. The zero-order valence-electron chi connectivity index (χ0n) is 10.4. The average molecular weight is 260 g/mol. The number of thiophene rings is 1. The summed E-state index contributed by atoms with van der Waals surface area (Å²) in [6.45, 7) is 4.28. The largest absolute Gasteiger partial charge is 0.391 e. The van der Waals surface area contributed by atoms with Crippen molar-refractivity contribution in [3.63, 3.8) is 0 Å². The van der Waals surface area contributed by atoms with E-state index in [2.05, 4.69) is 19.2 Å². The fourth-order valence-electron chi connectivity index (χ4n) is 1.62. The number of nitrogens with one attached hydrogen (secondary N) is 1. The van der Waals surface area contributed by atoms with E-state index in [0.717, 1.165) is 5.69 Å². The third-order valence-corrected chi connectivity index (χ3v) is 3.60. The topological polar surface area (TPSA) is 55.1 Å². The molecule has 0 atom stereocenters. The standard InChI is InChI=1S/C14H16N2OS/c1-9(2)10-3-5-11(6-4-10)16-14(17)12-7-8-13(15)18-12/h3-9H,15H2,1-2H3,(H,16,17). The summed E-state index contributed by atoms with van der Waals surface area (Å²) in [4.78, 5) is 12.5. The predicted octanol–water partition coefficient (Wildman–Crippen LogP) is 3.71. The van der Waals surface area contributed by atoms with Crippen LogP contribution in [0.5, 0.6) is 0 Å². The van der Waals surface area contributed by atoms with Gasteiger partial charge in [0, 0.05) is 5.69 Å². The molecule has 0 aliphatic heterocycles. The summed E-state index contributed by atoms with van der Waals surface area (Å²) in [5.41, 5.74) is 7.66. The molecular formula is C14H16N2OS. The van der Waals surface area contributed by atoms with E-state index in [0.29, 0.717) is 15.8 Å². The molecule has 0 saturated carbocycles. The molecule has 0 unspecified atom stereocenters. The van der Waals surface area contributed by atoms with Gasteiger partial charge in [-0.2, -0.15) is 0 Å². The lowest BCUT2D eigenvalue weighted by Gasteiger charge is -2.07. The van der Waals surface area contributed by atoms with Gasteiger partial charge in [-0.3, -0.25) is 4.79 Å². The van der Waals surface area contributed by atoms with Crippen molar-refractivity contribution in [2.24, 2.45) is 0 Å². The molecule has 0 spiro atoms. The minimum Gasteiger partial charge on any atom is -0.391 e.